The number of likely N-dealkylation sites (N-methyl/N-ethyl adjacent to an activating group) is 2. The lowest BCUT2D eigenvalue weighted by molar-refractivity contribution is 0.0374. The highest BCUT2D eigenvalue weighted by Crippen LogP contribution is 2.26. The first-order valence-corrected chi connectivity index (χ1v) is 6.63. The van der Waals surface area contributed by atoms with Crippen LogP contribution >= 0.6 is 0 Å². The molecule has 2 heterocycles. The zero-order chi connectivity index (χ0) is 13.2. The van der Waals surface area contributed by atoms with Crippen molar-refractivity contribution in [3.63, 3.8) is 0 Å². The molecular weight excluding hydrogens is 226 g/mol. The van der Waals surface area contributed by atoms with Gasteiger partial charge in [-0.2, -0.15) is 0 Å². The van der Waals surface area contributed by atoms with Crippen LogP contribution in [-0.2, 0) is 13.6 Å². The third-order valence-corrected chi connectivity index (χ3v) is 4.24. The van der Waals surface area contributed by atoms with E-state index in [1.165, 1.54) is 19.4 Å². The van der Waals surface area contributed by atoms with Gasteiger partial charge in [-0.15, -0.1) is 0 Å². The standard InChI is InChI=1S/C13H25N5/c1-16-7-4-5-13(10-14,11-16)18(3)9-12-15-6-8-17(12)2/h6,8H,4-5,7,9-11,14H2,1-3H3. The predicted molar refractivity (Wildman–Crippen MR) is 73.2 cm³/mol. The molecule has 1 aromatic rings. The molecule has 1 aliphatic heterocycles. The number of hydrogen-bond acceptors (Lipinski definition) is 4. The van der Waals surface area contributed by atoms with Crippen LogP contribution in [-0.4, -0.2) is 58.6 Å². The second kappa shape index (κ2) is 5.38. The van der Waals surface area contributed by atoms with Crippen molar-refractivity contribution in [2.75, 3.05) is 33.7 Å². The Hall–Kier alpha value is -0.910. The molecule has 0 aromatic carbocycles. The SMILES string of the molecule is CN1CCCC(CN)(N(C)Cc2nccn2C)C1. The average molecular weight is 251 g/mol. The van der Waals surface area contributed by atoms with E-state index in [1.54, 1.807) is 0 Å². The van der Waals surface area contributed by atoms with Gasteiger partial charge in [0.1, 0.15) is 5.82 Å². The third kappa shape index (κ3) is 2.58. The highest BCUT2D eigenvalue weighted by molar-refractivity contribution is 4.99. The van der Waals surface area contributed by atoms with Crippen LogP contribution in [0.15, 0.2) is 12.4 Å². The van der Waals surface area contributed by atoms with Crippen molar-refractivity contribution in [3.05, 3.63) is 18.2 Å². The number of piperidine rings is 1. The summed E-state index contributed by atoms with van der Waals surface area (Å²) in [5, 5.41) is 0. The van der Waals surface area contributed by atoms with Gasteiger partial charge in [-0.25, -0.2) is 4.98 Å². The Morgan fingerprint density at radius 1 is 1.50 bits per heavy atom. The second-order valence-corrected chi connectivity index (χ2v) is 5.58. The number of imidazole rings is 1. The van der Waals surface area contributed by atoms with Gasteiger partial charge in [0.2, 0.25) is 0 Å². The Bertz CT molecular complexity index is 388. The minimum atomic E-state index is 0.0962. The number of aromatic nitrogens is 2. The van der Waals surface area contributed by atoms with E-state index in [4.69, 9.17) is 5.73 Å². The van der Waals surface area contributed by atoms with Gasteiger partial charge in [-0.05, 0) is 33.5 Å². The molecule has 1 aromatic heterocycles. The number of hydrogen-bond donors (Lipinski definition) is 1. The topological polar surface area (TPSA) is 50.3 Å². The first-order valence-electron chi connectivity index (χ1n) is 6.63. The van der Waals surface area contributed by atoms with Gasteiger partial charge in [0.25, 0.3) is 0 Å². The Morgan fingerprint density at radius 2 is 2.28 bits per heavy atom. The molecule has 1 fully saturated rings. The van der Waals surface area contributed by atoms with Crippen LogP contribution in [0, 0.1) is 0 Å². The molecule has 1 unspecified atom stereocenters. The Balaban J connectivity index is 2.09. The lowest BCUT2D eigenvalue weighted by atomic mass is 9.87. The molecule has 2 rings (SSSR count). The minimum Gasteiger partial charge on any atom is -0.337 e. The maximum atomic E-state index is 6.07. The molecule has 5 nitrogen and oxygen atoms in total. The maximum Gasteiger partial charge on any atom is 0.122 e. The van der Waals surface area contributed by atoms with E-state index in [9.17, 15) is 0 Å². The summed E-state index contributed by atoms with van der Waals surface area (Å²) in [4.78, 5) is 9.16. The summed E-state index contributed by atoms with van der Waals surface area (Å²) in [6.07, 6.45) is 6.24. The molecule has 0 spiro atoms. The van der Waals surface area contributed by atoms with Crippen molar-refractivity contribution in [3.8, 4) is 0 Å². The minimum absolute atomic E-state index is 0.0962. The molecule has 18 heavy (non-hydrogen) atoms. The van der Waals surface area contributed by atoms with E-state index in [2.05, 4.69) is 33.4 Å². The van der Waals surface area contributed by atoms with Crippen LogP contribution < -0.4 is 5.73 Å². The highest BCUT2D eigenvalue weighted by Gasteiger charge is 2.37. The third-order valence-electron chi connectivity index (χ3n) is 4.24. The molecule has 0 radical (unpaired) electrons. The normalized spacial score (nSPS) is 25.8. The molecule has 5 heteroatoms. The first-order chi connectivity index (χ1) is 8.57. The van der Waals surface area contributed by atoms with Crippen molar-refractivity contribution in [1.29, 1.82) is 0 Å². The van der Waals surface area contributed by atoms with Crippen LogP contribution in [0.5, 0.6) is 0 Å². The molecule has 1 aliphatic rings. The largest absolute Gasteiger partial charge is 0.337 e. The Morgan fingerprint density at radius 3 is 2.83 bits per heavy atom. The summed E-state index contributed by atoms with van der Waals surface area (Å²) in [5.41, 5.74) is 6.17. The number of aryl methyl sites for hydroxylation is 1. The van der Waals surface area contributed by atoms with Gasteiger partial charge in [0.15, 0.2) is 0 Å². The summed E-state index contributed by atoms with van der Waals surface area (Å²) >= 11 is 0. The van der Waals surface area contributed by atoms with Crippen LogP contribution in [0.4, 0.5) is 0 Å². The van der Waals surface area contributed by atoms with Gasteiger partial charge in [0, 0.05) is 38.1 Å². The van der Waals surface area contributed by atoms with Crippen molar-refractivity contribution in [1.82, 2.24) is 19.4 Å². The van der Waals surface area contributed by atoms with Crippen LogP contribution in [0.2, 0.25) is 0 Å². The van der Waals surface area contributed by atoms with Crippen LogP contribution in [0.25, 0.3) is 0 Å². The molecule has 1 atom stereocenters. The fraction of sp³-hybridized carbons (Fsp3) is 0.769. The van der Waals surface area contributed by atoms with Gasteiger partial charge in [-0.3, -0.25) is 4.90 Å². The molecule has 2 N–H and O–H groups in total. The Kier molecular flexibility index (Phi) is 4.04. The van der Waals surface area contributed by atoms with E-state index in [-0.39, 0.29) is 5.54 Å². The van der Waals surface area contributed by atoms with E-state index in [0.29, 0.717) is 6.54 Å². The molecular formula is C13H25N5. The quantitative estimate of drug-likeness (QED) is 0.835. The van der Waals surface area contributed by atoms with E-state index < -0.39 is 0 Å². The predicted octanol–water partition coefficient (Wildman–Crippen LogP) is 0.275. The first kappa shape index (κ1) is 13.5. The van der Waals surface area contributed by atoms with E-state index in [0.717, 1.165) is 18.9 Å². The van der Waals surface area contributed by atoms with Gasteiger partial charge in [-0.1, -0.05) is 0 Å². The van der Waals surface area contributed by atoms with Gasteiger partial charge < -0.3 is 15.2 Å². The summed E-state index contributed by atoms with van der Waals surface area (Å²) in [6.45, 7) is 3.79. The summed E-state index contributed by atoms with van der Waals surface area (Å²) in [6, 6.07) is 0. The van der Waals surface area contributed by atoms with Gasteiger partial charge >= 0.3 is 0 Å². The van der Waals surface area contributed by atoms with E-state index in [1.807, 2.05) is 19.4 Å². The zero-order valence-corrected chi connectivity index (χ0v) is 11.8. The fourth-order valence-corrected chi connectivity index (χ4v) is 2.90. The summed E-state index contributed by atoms with van der Waals surface area (Å²) < 4.78 is 2.08. The second-order valence-electron chi connectivity index (χ2n) is 5.58. The number of rotatable bonds is 4. The summed E-state index contributed by atoms with van der Waals surface area (Å²) in [5.74, 6) is 1.10. The van der Waals surface area contributed by atoms with Crippen LogP contribution in [0.3, 0.4) is 0 Å². The molecule has 0 amide bonds. The van der Waals surface area contributed by atoms with Gasteiger partial charge in [0.05, 0.1) is 6.54 Å². The van der Waals surface area contributed by atoms with Crippen LogP contribution in [0.1, 0.15) is 18.7 Å². The van der Waals surface area contributed by atoms with Crippen molar-refractivity contribution in [2.24, 2.45) is 12.8 Å². The number of likely N-dealkylation sites (tertiary alicyclic amines) is 1. The lowest BCUT2D eigenvalue weighted by Gasteiger charge is -2.46. The average Bonchev–Trinajstić information content (AvgIpc) is 2.75. The van der Waals surface area contributed by atoms with Crippen molar-refractivity contribution < 1.29 is 0 Å². The molecule has 0 aliphatic carbocycles. The van der Waals surface area contributed by atoms with E-state index >= 15 is 0 Å². The zero-order valence-electron chi connectivity index (χ0n) is 11.8. The molecule has 1 saturated heterocycles. The maximum absolute atomic E-state index is 6.07. The summed E-state index contributed by atoms with van der Waals surface area (Å²) in [7, 11) is 6.39. The highest BCUT2D eigenvalue weighted by atomic mass is 15.3. The smallest absolute Gasteiger partial charge is 0.122 e. The number of nitrogens with zero attached hydrogens (tertiary/aromatic N) is 4. The lowest BCUT2D eigenvalue weighted by Crippen LogP contribution is -2.60. The number of nitrogens with two attached hydrogens (primary N) is 1. The fourth-order valence-electron chi connectivity index (χ4n) is 2.90. The molecule has 102 valence electrons. The molecule has 0 bridgehead atoms. The Labute approximate surface area is 110 Å². The van der Waals surface area contributed by atoms with Crippen molar-refractivity contribution in [2.45, 2.75) is 24.9 Å². The van der Waals surface area contributed by atoms with Crippen molar-refractivity contribution >= 4 is 0 Å². The molecule has 0 saturated carbocycles. The monoisotopic (exact) mass is 251 g/mol.